The zero-order valence-electron chi connectivity index (χ0n) is 11.2. The maximum Gasteiger partial charge on any atom is 0.126 e. The third-order valence-electron chi connectivity index (χ3n) is 2.89. The van der Waals surface area contributed by atoms with Gasteiger partial charge in [-0.15, -0.1) is 11.8 Å². The van der Waals surface area contributed by atoms with Crippen molar-refractivity contribution in [1.29, 1.82) is 0 Å². The van der Waals surface area contributed by atoms with E-state index in [-0.39, 0.29) is 5.82 Å². The molecular formula is C16H18FNS. The molecule has 0 unspecified atom stereocenters. The molecule has 0 atom stereocenters. The van der Waals surface area contributed by atoms with E-state index in [0.717, 1.165) is 17.0 Å². The lowest BCUT2D eigenvalue weighted by atomic mass is 10.1. The van der Waals surface area contributed by atoms with E-state index in [9.17, 15) is 4.39 Å². The van der Waals surface area contributed by atoms with Gasteiger partial charge in [-0.2, -0.15) is 0 Å². The smallest absolute Gasteiger partial charge is 0.126 e. The predicted molar refractivity (Wildman–Crippen MR) is 81.3 cm³/mol. The van der Waals surface area contributed by atoms with Crippen LogP contribution in [-0.4, -0.2) is 5.75 Å². The number of nitrogens with one attached hydrogen (secondary N) is 1. The zero-order chi connectivity index (χ0) is 13.7. The first-order chi connectivity index (χ1) is 9.20. The summed E-state index contributed by atoms with van der Waals surface area (Å²) in [4.78, 5) is 1.25. The molecule has 0 fully saturated rings. The van der Waals surface area contributed by atoms with E-state index < -0.39 is 0 Å². The van der Waals surface area contributed by atoms with Gasteiger partial charge in [-0.05, 0) is 42.0 Å². The summed E-state index contributed by atoms with van der Waals surface area (Å²) in [5, 5.41) is 3.42. The molecule has 0 saturated carbocycles. The highest BCUT2D eigenvalue weighted by molar-refractivity contribution is 7.99. The normalized spacial score (nSPS) is 10.5. The molecule has 1 nitrogen and oxygen atoms in total. The highest BCUT2D eigenvalue weighted by atomic mass is 32.2. The highest BCUT2D eigenvalue weighted by Crippen LogP contribution is 2.27. The third-order valence-corrected chi connectivity index (χ3v) is 3.85. The van der Waals surface area contributed by atoms with Crippen LogP contribution in [0.2, 0.25) is 0 Å². The van der Waals surface area contributed by atoms with E-state index in [1.165, 1.54) is 11.0 Å². The van der Waals surface area contributed by atoms with Gasteiger partial charge in [-0.25, -0.2) is 4.39 Å². The number of thioether (sulfide) groups is 1. The highest BCUT2D eigenvalue weighted by Gasteiger charge is 2.02. The van der Waals surface area contributed by atoms with Gasteiger partial charge in [-0.1, -0.05) is 31.2 Å². The summed E-state index contributed by atoms with van der Waals surface area (Å²) < 4.78 is 13.2. The molecule has 0 aromatic heterocycles. The Morgan fingerprint density at radius 3 is 2.68 bits per heavy atom. The van der Waals surface area contributed by atoms with Gasteiger partial charge in [0.1, 0.15) is 5.82 Å². The van der Waals surface area contributed by atoms with Crippen LogP contribution in [0.1, 0.15) is 18.1 Å². The number of anilines is 1. The minimum absolute atomic E-state index is 0.148. The van der Waals surface area contributed by atoms with Crippen molar-refractivity contribution in [1.82, 2.24) is 0 Å². The number of hydrogen-bond donors (Lipinski definition) is 1. The Balaban J connectivity index is 2.07. The molecule has 0 heterocycles. The van der Waals surface area contributed by atoms with Crippen LogP contribution in [0.3, 0.4) is 0 Å². The summed E-state index contributed by atoms with van der Waals surface area (Å²) in [6.07, 6.45) is 0. The summed E-state index contributed by atoms with van der Waals surface area (Å²) in [6, 6.07) is 13.5. The molecule has 2 aromatic rings. The van der Waals surface area contributed by atoms with E-state index in [2.05, 4.69) is 24.4 Å². The van der Waals surface area contributed by atoms with Crippen LogP contribution >= 0.6 is 11.8 Å². The molecule has 2 aromatic carbocycles. The summed E-state index contributed by atoms with van der Waals surface area (Å²) >= 11 is 1.82. The largest absolute Gasteiger partial charge is 0.380 e. The summed E-state index contributed by atoms with van der Waals surface area (Å²) in [7, 11) is 0. The van der Waals surface area contributed by atoms with Gasteiger partial charge in [0.25, 0.3) is 0 Å². The molecular weight excluding hydrogens is 257 g/mol. The van der Waals surface area contributed by atoms with Gasteiger partial charge in [0.05, 0.1) is 0 Å². The fourth-order valence-electron chi connectivity index (χ4n) is 1.91. The maximum absolute atomic E-state index is 13.2. The molecule has 0 radical (unpaired) electrons. The Morgan fingerprint density at radius 1 is 1.16 bits per heavy atom. The SMILES string of the molecule is CCSc1ccccc1NCc1ccc(F)c(C)c1. The molecule has 19 heavy (non-hydrogen) atoms. The van der Waals surface area contributed by atoms with Crippen molar-refractivity contribution in [2.24, 2.45) is 0 Å². The zero-order valence-corrected chi connectivity index (χ0v) is 12.1. The predicted octanol–water partition coefficient (Wildman–Crippen LogP) is 4.86. The number of rotatable bonds is 5. The Bertz CT molecular complexity index is 554. The standard InChI is InChI=1S/C16H18FNS/c1-3-19-16-7-5-4-6-15(16)18-11-13-8-9-14(17)12(2)10-13/h4-10,18H,3,11H2,1-2H3. The van der Waals surface area contributed by atoms with Crippen molar-refractivity contribution in [2.45, 2.75) is 25.3 Å². The van der Waals surface area contributed by atoms with Crippen molar-refractivity contribution < 1.29 is 4.39 Å². The van der Waals surface area contributed by atoms with Crippen LogP contribution in [0.5, 0.6) is 0 Å². The van der Waals surface area contributed by atoms with Gasteiger partial charge in [0, 0.05) is 17.1 Å². The molecule has 0 aliphatic heterocycles. The van der Waals surface area contributed by atoms with Gasteiger partial charge < -0.3 is 5.32 Å². The Kier molecular flexibility index (Phi) is 4.86. The van der Waals surface area contributed by atoms with E-state index in [1.54, 1.807) is 6.92 Å². The summed E-state index contributed by atoms with van der Waals surface area (Å²) in [5.41, 5.74) is 2.92. The molecule has 0 aliphatic rings. The van der Waals surface area contributed by atoms with Crippen LogP contribution in [-0.2, 0) is 6.54 Å². The first kappa shape index (κ1) is 13.9. The van der Waals surface area contributed by atoms with Crippen LogP contribution in [0.4, 0.5) is 10.1 Å². The Hall–Kier alpha value is -1.48. The molecule has 2 rings (SSSR count). The molecule has 0 saturated heterocycles. The first-order valence-electron chi connectivity index (χ1n) is 6.41. The lowest BCUT2D eigenvalue weighted by molar-refractivity contribution is 0.617. The van der Waals surface area contributed by atoms with Crippen molar-refractivity contribution in [3.8, 4) is 0 Å². The van der Waals surface area contributed by atoms with Crippen LogP contribution in [0.25, 0.3) is 0 Å². The van der Waals surface area contributed by atoms with Crippen LogP contribution in [0, 0.1) is 12.7 Å². The molecule has 0 bridgehead atoms. The number of aryl methyl sites for hydroxylation is 1. The average Bonchev–Trinajstić information content (AvgIpc) is 2.42. The van der Waals surface area contributed by atoms with E-state index in [1.807, 2.05) is 36.0 Å². The summed E-state index contributed by atoms with van der Waals surface area (Å²) in [5.74, 6) is 0.902. The van der Waals surface area contributed by atoms with Crippen molar-refractivity contribution in [2.75, 3.05) is 11.1 Å². The molecule has 100 valence electrons. The van der Waals surface area contributed by atoms with Crippen molar-refractivity contribution >= 4 is 17.4 Å². The second-order valence-corrected chi connectivity index (χ2v) is 5.67. The minimum atomic E-state index is -0.148. The average molecular weight is 275 g/mol. The minimum Gasteiger partial charge on any atom is -0.380 e. The fraction of sp³-hybridized carbons (Fsp3) is 0.250. The van der Waals surface area contributed by atoms with E-state index in [4.69, 9.17) is 0 Å². The fourth-order valence-corrected chi connectivity index (χ4v) is 2.69. The second kappa shape index (κ2) is 6.62. The number of hydrogen-bond acceptors (Lipinski definition) is 2. The van der Waals surface area contributed by atoms with E-state index in [0.29, 0.717) is 12.1 Å². The maximum atomic E-state index is 13.2. The molecule has 0 spiro atoms. The first-order valence-corrected chi connectivity index (χ1v) is 7.40. The quantitative estimate of drug-likeness (QED) is 0.782. The second-order valence-electron chi connectivity index (χ2n) is 4.37. The monoisotopic (exact) mass is 275 g/mol. The van der Waals surface area contributed by atoms with Crippen LogP contribution < -0.4 is 5.32 Å². The molecule has 0 aliphatic carbocycles. The van der Waals surface area contributed by atoms with Crippen molar-refractivity contribution in [3.05, 3.63) is 59.4 Å². The summed E-state index contributed by atoms with van der Waals surface area (Å²) in [6.45, 7) is 4.65. The van der Waals surface area contributed by atoms with Gasteiger partial charge in [0.2, 0.25) is 0 Å². The van der Waals surface area contributed by atoms with Crippen molar-refractivity contribution in [3.63, 3.8) is 0 Å². The Labute approximate surface area is 118 Å². The van der Waals surface area contributed by atoms with Gasteiger partial charge >= 0.3 is 0 Å². The Morgan fingerprint density at radius 2 is 1.95 bits per heavy atom. The number of para-hydroxylation sites is 1. The van der Waals surface area contributed by atoms with Gasteiger partial charge in [0.15, 0.2) is 0 Å². The molecule has 0 amide bonds. The molecule has 1 N–H and O–H groups in total. The third kappa shape index (κ3) is 3.74. The molecule has 3 heteroatoms. The lowest BCUT2D eigenvalue weighted by Gasteiger charge is -2.11. The topological polar surface area (TPSA) is 12.0 Å². The van der Waals surface area contributed by atoms with Gasteiger partial charge in [-0.3, -0.25) is 0 Å². The van der Waals surface area contributed by atoms with Crippen LogP contribution in [0.15, 0.2) is 47.4 Å². The number of halogens is 1. The number of benzene rings is 2. The lowest BCUT2D eigenvalue weighted by Crippen LogP contribution is -2.01. The van der Waals surface area contributed by atoms with E-state index >= 15 is 0 Å².